The molecule has 0 fully saturated rings. The van der Waals surface area contributed by atoms with Gasteiger partial charge in [0.2, 0.25) is 0 Å². The summed E-state index contributed by atoms with van der Waals surface area (Å²) in [5.74, 6) is 2.68. The van der Waals surface area contributed by atoms with E-state index in [2.05, 4.69) is 16.8 Å². The van der Waals surface area contributed by atoms with Crippen molar-refractivity contribution in [3.05, 3.63) is 16.1 Å². The van der Waals surface area contributed by atoms with Crippen molar-refractivity contribution in [1.82, 2.24) is 4.98 Å². The van der Waals surface area contributed by atoms with E-state index in [4.69, 9.17) is 10.2 Å². The van der Waals surface area contributed by atoms with Gasteiger partial charge in [-0.25, -0.2) is 9.78 Å². The summed E-state index contributed by atoms with van der Waals surface area (Å²) in [7, 11) is 0. The summed E-state index contributed by atoms with van der Waals surface area (Å²) in [6, 6.07) is 0. The molecule has 1 aromatic heterocycles. The molecule has 1 aromatic rings. The minimum Gasteiger partial charge on any atom is -0.481 e. The molecule has 0 radical (unpaired) electrons. The Morgan fingerprint density at radius 2 is 2.21 bits per heavy atom. The van der Waals surface area contributed by atoms with Crippen LogP contribution < -0.4 is 0 Å². The molecule has 0 saturated carbocycles. The summed E-state index contributed by atoms with van der Waals surface area (Å²) >= 11 is 1.07. The van der Waals surface area contributed by atoms with Gasteiger partial charge in [-0.1, -0.05) is 5.92 Å². The fourth-order valence-electron chi connectivity index (χ4n) is 0.625. The lowest BCUT2D eigenvalue weighted by Crippen LogP contribution is -1.95. The minimum absolute atomic E-state index is 0.0744. The third kappa shape index (κ3) is 2.88. The van der Waals surface area contributed by atoms with Gasteiger partial charge in [-0.3, -0.25) is 4.79 Å². The molecule has 0 spiro atoms. The van der Waals surface area contributed by atoms with Gasteiger partial charge in [0.1, 0.15) is 6.42 Å². The molecule has 0 bridgehead atoms. The first-order valence-electron chi connectivity index (χ1n) is 3.49. The van der Waals surface area contributed by atoms with Crippen LogP contribution in [0.2, 0.25) is 0 Å². The summed E-state index contributed by atoms with van der Waals surface area (Å²) in [5, 5.41) is 18.4. The average Bonchev–Trinajstić information content (AvgIpc) is 2.52. The Morgan fingerprint density at radius 1 is 1.50 bits per heavy atom. The number of carboxylic acid groups (broad SMARTS) is 2. The summed E-state index contributed by atoms with van der Waals surface area (Å²) in [6.45, 7) is 0. The minimum atomic E-state index is -1.12. The normalized spacial score (nSPS) is 8.86. The molecule has 0 aliphatic rings. The first-order valence-corrected chi connectivity index (χ1v) is 4.37. The van der Waals surface area contributed by atoms with Crippen molar-refractivity contribution in [3.8, 4) is 11.8 Å². The SMILES string of the molecule is O=C(O)CC#Cc1nc(C(=O)O)cs1. The van der Waals surface area contributed by atoms with E-state index in [0.29, 0.717) is 5.01 Å². The van der Waals surface area contributed by atoms with Gasteiger partial charge in [0.15, 0.2) is 10.7 Å². The Morgan fingerprint density at radius 3 is 2.71 bits per heavy atom. The monoisotopic (exact) mass is 211 g/mol. The van der Waals surface area contributed by atoms with Crippen LogP contribution in [0.15, 0.2) is 5.38 Å². The zero-order valence-electron chi connectivity index (χ0n) is 6.85. The average molecular weight is 211 g/mol. The van der Waals surface area contributed by atoms with E-state index < -0.39 is 11.9 Å². The molecule has 14 heavy (non-hydrogen) atoms. The molecule has 0 saturated heterocycles. The number of rotatable bonds is 2. The van der Waals surface area contributed by atoms with E-state index in [9.17, 15) is 9.59 Å². The lowest BCUT2D eigenvalue weighted by molar-refractivity contribution is -0.135. The lowest BCUT2D eigenvalue weighted by Gasteiger charge is -1.80. The highest BCUT2D eigenvalue weighted by atomic mass is 32.1. The van der Waals surface area contributed by atoms with Crippen LogP contribution in [0.25, 0.3) is 0 Å². The van der Waals surface area contributed by atoms with Crippen molar-refractivity contribution >= 4 is 23.3 Å². The fourth-order valence-corrected chi connectivity index (χ4v) is 1.28. The molecular formula is C8H5NO4S. The number of aliphatic carboxylic acids is 1. The molecule has 2 N–H and O–H groups in total. The second kappa shape index (κ2) is 4.39. The van der Waals surface area contributed by atoms with Gasteiger partial charge in [-0.2, -0.15) is 0 Å². The molecule has 0 aliphatic carbocycles. The van der Waals surface area contributed by atoms with Crippen LogP contribution in [-0.4, -0.2) is 27.1 Å². The highest BCUT2D eigenvalue weighted by Gasteiger charge is 2.06. The highest BCUT2D eigenvalue weighted by Crippen LogP contribution is 2.07. The standard InChI is InChI=1S/C8H5NO4S/c10-7(11)3-1-2-6-9-5(4-14-6)8(12)13/h4H,3H2,(H,10,11)(H,12,13). The number of aromatic nitrogens is 1. The Kier molecular flexibility index (Phi) is 3.20. The molecule has 0 aromatic carbocycles. The predicted octanol–water partition coefficient (Wildman–Crippen LogP) is 0.668. The molecular weight excluding hydrogens is 206 g/mol. The van der Waals surface area contributed by atoms with Crippen molar-refractivity contribution < 1.29 is 19.8 Å². The summed E-state index contributed by atoms with van der Waals surface area (Å²) in [5.41, 5.74) is -0.0744. The highest BCUT2D eigenvalue weighted by molar-refractivity contribution is 7.10. The van der Waals surface area contributed by atoms with E-state index in [1.165, 1.54) is 5.38 Å². The maximum Gasteiger partial charge on any atom is 0.355 e. The summed E-state index contributed by atoms with van der Waals surface area (Å²) in [4.78, 5) is 24.1. The number of carbonyl (C=O) groups is 2. The van der Waals surface area contributed by atoms with E-state index in [0.717, 1.165) is 11.3 Å². The molecule has 72 valence electrons. The van der Waals surface area contributed by atoms with Gasteiger partial charge < -0.3 is 10.2 Å². The third-order valence-electron chi connectivity index (χ3n) is 1.16. The second-order valence-corrected chi connectivity index (χ2v) is 3.07. The van der Waals surface area contributed by atoms with E-state index >= 15 is 0 Å². The maximum atomic E-state index is 10.4. The third-order valence-corrected chi connectivity index (χ3v) is 1.92. The van der Waals surface area contributed by atoms with E-state index in [1.54, 1.807) is 0 Å². The first-order chi connectivity index (χ1) is 6.59. The van der Waals surface area contributed by atoms with E-state index in [-0.39, 0.29) is 12.1 Å². The van der Waals surface area contributed by atoms with Crippen molar-refractivity contribution in [2.24, 2.45) is 0 Å². The van der Waals surface area contributed by atoms with Crippen molar-refractivity contribution in [1.29, 1.82) is 0 Å². The van der Waals surface area contributed by atoms with E-state index in [1.807, 2.05) is 0 Å². The molecule has 1 rings (SSSR count). The molecule has 0 atom stereocenters. The topological polar surface area (TPSA) is 87.5 Å². The van der Waals surface area contributed by atoms with Crippen LogP contribution in [0, 0.1) is 11.8 Å². The van der Waals surface area contributed by atoms with Crippen molar-refractivity contribution in [2.45, 2.75) is 6.42 Å². The number of thiazole rings is 1. The van der Waals surface area contributed by atoms with Gasteiger partial charge in [-0.15, -0.1) is 11.3 Å². The van der Waals surface area contributed by atoms with Gasteiger partial charge in [-0.05, 0) is 5.92 Å². The van der Waals surface area contributed by atoms with Gasteiger partial charge >= 0.3 is 11.9 Å². The fraction of sp³-hybridized carbons (Fsp3) is 0.125. The molecule has 1 heterocycles. The van der Waals surface area contributed by atoms with Crippen LogP contribution in [0.4, 0.5) is 0 Å². The smallest absolute Gasteiger partial charge is 0.355 e. The Labute approximate surface area is 83.0 Å². The summed E-state index contributed by atoms with van der Waals surface area (Å²) < 4.78 is 0. The summed E-state index contributed by atoms with van der Waals surface area (Å²) in [6.07, 6.45) is -0.276. The second-order valence-electron chi connectivity index (χ2n) is 2.22. The van der Waals surface area contributed by atoms with Crippen LogP contribution in [0.5, 0.6) is 0 Å². The molecule has 5 nitrogen and oxygen atoms in total. The number of aromatic carboxylic acids is 1. The zero-order valence-corrected chi connectivity index (χ0v) is 7.67. The van der Waals surface area contributed by atoms with Crippen molar-refractivity contribution in [3.63, 3.8) is 0 Å². The number of hydrogen-bond acceptors (Lipinski definition) is 4. The molecule has 0 unspecified atom stereocenters. The van der Waals surface area contributed by atoms with Crippen LogP contribution in [-0.2, 0) is 4.79 Å². The van der Waals surface area contributed by atoms with Crippen molar-refractivity contribution in [2.75, 3.05) is 0 Å². The number of nitrogens with zero attached hydrogens (tertiary/aromatic N) is 1. The van der Waals surface area contributed by atoms with Gasteiger partial charge in [0.05, 0.1) is 0 Å². The maximum absolute atomic E-state index is 10.4. The predicted molar refractivity (Wildman–Crippen MR) is 48.2 cm³/mol. The number of hydrogen-bond donors (Lipinski definition) is 2. The Balaban J connectivity index is 2.71. The van der Waals surface area contributed by atoms with Gasteiger partial charge in [0, 0.05) is 5.38 Å². The quantitative estimate of drug-likeness (QED) is 0.702. The molecule has 6 heteroatoms. The van der Waals surface area contributed by atoms with Crippen LogP contribution in [0.1, 0.15) is 21.9 Å². The first kappa shape index (κ1) is 10.2. The Hall–Kier alpha value is -1.87. The van der Waals surface area contributed by atoms with Crippen LogP contribution >= 0.6 is 11.3 Å². The zero-order chi connectivity index (χ0) is 10.6. The Bertz CT molecular complexity index is 426. The number of carboxylic acids is 2. The largest absolute Gasteiger partial charge is 0.481 e. The molecule has 0 aliphatic heterocycles. The van der Waals surface area contributed by atoms with Crippen LogP contribution in [0.3, 0.4) is 0 Å². The lowest BCUT2D eigenvalue weighted by atomic mass is 10.4. The molecule has 0 amide bonds. The van der Waals surface area contributed by atoms with Gasteiger partial charge in [0.25, 0.3) is 0 Å².